The van der Waals surface area contributed by atoms with Gasteiger partial charge in [0.05, 0.1) is 18.9 Å². The number of benzene rings is 3. The monoisotopic (exact) mass is 1230 g/mol. The molecule has 3 aromatic carbocycles. The number of carbonyl (C=O) groups is 7. The first kappa shape index (κ1) is 74.1. The maximum absolute atomic E-state index is 14.2. The van der Waals surface area contributed by atoms with Crippen molar-refractivity contribution in [1.82, 2.24) is 10.6 Å². The summed E-state index contributed by atoms with van der Waals surface area (Å²) in [5.74, 6) is -4.32. The number of nitrogens with one attached hydrogen (secondary N) is 2. The number of hydrogen-bond acceptors (Lipinski definition) is 16. The highest BCUT2D eigenvalue weighted by molar-refractivity contribution is 5.82. The van der Waals surface area contributed by atoms with E-state index in [2.05, 4.69) is 24.5 Å². The van der Waals surface area contributed by atoms with Crippen molar-refractivity contribution >= 4 is 41.8 Å². The Morgan fingerprint density at radius 3 is 1.39 bits per heavy atom. The first-order valence-corrected chi connectivity index (χ1v) is 32.8. The molecule has 6 atom stereocenters. The summed E-state index contributed by atoms with van der Waals surface area (Å²) < 4.78 is 47.2. The Labute approximate surface area is 523 Å². The molecule has 0 aromatic heterocycles. The number of hydrogen-bond donors (Lipinski definition) is 3. The van der Waals surface area contributed by atoms with Crippen molar-refractivity contribution in [2.75, 3.05) is 6.61 Å². The van der Waals surface area contributed by atoms with Crippen molar-refractivity contribution in [3.63, 3.8) is 0 Å². The standard InChI is InChI=1S/C70H104N2O16/c1-6-8-10-12-14-16-18-20-22-24-35-43-59(73)72-64-66(87-61(75)44-36-25-23-21-19-17-15-13-11-9-7-2)65(78)58(52-84-67(79)57(71-69(80)88-70(3,4)5)45-46-60(74)81-49-53-37-29-26-30-38-53)86-68(64)85-56(47-62(76)82-50-54-39-31-27-32-40-54)48-63(77)83-51-55-41-33-28-34-42-55/h26-34,37-42,56-58,64-66,68,78H,6-25,35-36,43-52H2,1-5H3,(H,71,80)(H,72,73)/t57-,58-,64-,65-,66-,68+/m1/s1. The molecule has 3 N–H and O–H groups in total. The molecule has 18 nitrogen and oxygen atoms in total. The first-order chi connectivity index (χ1) is 42.5. The average Bonchev–Trinajstić information content (AvgIpc) is 2.47. The van der Waals surface area contributed by atoms with E-state index < -0.39 is 110 Å². The van der Waals surface area contributed by atoms with Crippen LogP contribution in [-0.2, 0) is 86.5 Å². The molecule has 0 bridgehead atoms. The molecule has 0 radical (unpaired) electrons. The van der Waals surface area contributed by atoms with Gasteiger partial charge in [-0.1, -0.05) is 233 Å². The van der Waals surface area contributed by atoms with Crippen LogP contribution >= 0.6 is 0 Å². The summed E-state index contributed by atoms with van der Waals surface area (Å²) in [6, 6.07) is 24.1. The van der Waals surface area contributed by atoms with Gasteiger partial charge in [-0.2, -0.15) is 0 Å². The van der Waals surface area contributed by atoms with Crippen LogP contribution in [0.4, 0.5) is 4.79 Å². The Hall–Kier alpha value is -6.37. The smallest absolute Gasteiger partial charge is 0.408 e. The van der Waals surface area contributed by atoms with Gasteiger partial charge in [0, 0.05) is 19.3 Å². The van der Waals surface area contributed by atoms with Gasteiger partial charge in [0.1, 0.15) is 56.3 Å². The van der Waals surface area contributed by atoms with E-state index in [4.69, 9.17) is 37.9 Å². The van der Waals surface area contributed by atoms with Crippen molar-refractivity contribution in [3.8, 4) is 0 Å². The van der Waals surface area contributed by atoms with Crippen molar-refractivity contribution in [3.05, 3.63) is 108 Å². The van der Waals surface area contributed by atoms with E-state index in [-0.39, 0.29) is 45.5 Å². The number of carbonyl (C=O) groups excluding carboxylic acids is 7. The molecule has 0 unspecified atom stereocenters. The lowest BCUT2D eigenvalue weighted by Crippen LogP contribution is -2.66. The zero-order chi connectivity index (χ0) is 63.6. The summed E-state index contributed by atoms with van der Waals surface area (Å²) >= 11 is 0. The summed E-state index contributed by atoms with van der Waals surface area (Å²) in [6.07, 6.45) is 12.9. The molecule has 0 spiro atoms. The van der Waals surface area contributed by atoms with Crippen LogP contribution in [0.1, 0.15) is 231 Å². The van der Waals surface area contributed by atoms with Crippen LogP contribution in [0.25, 0.3) is 0 Å². The van der Waals surface area contributed by atoms with Crippen molar-refractivity contribution < 1.29 is 76.6 Å². The molecular formula is C70H104N2O16. The Kier molecular flexibility index (Phi) is 37.2. The van der Waals surface area contributed by atoms with Crippen molar-refractivity contribution in [1.29, 1.82) is 0 Å². The zero-order valence-electron chi connectivity index (χ0n) is 53.4. The van der Waals surface area contributed by atoms with Gasteiger partial charge in [-0.05, 0) is 56.7 Å². The highest BCUT2D eigenvalue weighted by Crippen LogP contribution is 2.29. The fraction of sp³-hybridized carbons (Fsp3) is 0.643. The van der Waals surface area contributed by atoms with Gasteiger partial charge in [0.15, 0.2) is 12.4 Å². The Balaban J connectivity index is 1.63. The van der Waals surface area contributed by atoms with Crippen molar-refractivity contribution in [2.45, 2.75) is 283 Å². The molecule has 1 aliphatic heterocycles. The second-order valence-corrected chi connectivity index (χ2v) is 24.1. The van der Waals surface area contributed by atoms with E-state index in [0.717, 1.165) is 63.4 Å². The molecule has 3 aromatic rings. The van der Waals surface area contributed by atoms with Crippen LogP contribution in [-0.4, -0.2) is 102 Å². The minimum absolute atomic E-state index is 0.0133. The maximum atomic E-state index is 14.2. The van der Waals surface area contributed by atoms with E-state index in [1.165, 1.54) is 70.6 Å². The maximum Gasteiger partial charge on any atom is 0.408 e. The zero-order valence-corrected chi connectivity index (χ0v) is 53.4. The predicted octanol–water partition coefficient (Wildman–Crippen LogP) is 13.5. The Bertz CT molecular complexity index is 2360. The van der Waals surface area contributed by atoms with Gasteiger partial charge in [-0.15, -0.1) is 0 Å². The summed E-state index contributed by atoms with van der Waals surface area (Å²) in [7, 11) is 0. The third-order valence-corrected chi connectivity index (χ3v) is 15.1. The number of alkyl carbamates (subject to hydrolysis) is 1. The minimum Gasteiger partial charge on any atom is -0.461 e. The average molecular weight is 1230 g/mol. The van der Waals surface area contributed by atoms with Gasteiger partial charge in [-0.25, -0.2) is 9.59 Å². The molecule has 2 amide bonds. The quantitative estimate of drug-likeness (QED) is 0.0271. The molecule has 1 fully saturated rings. The molecule has 18 heteroatoms. The van der Waals surface area contributed by atoms with Crippen LogP contribution < -0.4 is 10.6 Å². The number of aliphatic hydroxyl groups is 1. The number of aliphatic hydroxyl groups excluding tert-OH is 1. The third kappa shape index (κ3) is 33.3. The minimum atomic E-state index is -1.78. The molecule has 490 valence electrons. The van der Waals surface area contributed by atoms with Crippen molar-refractivity contribution in [2.24, 2.45) is 0 Å². The number of esters is 5. The second-order valence-electron chi connectivity index (χ2n) is 24.1. The van der Waals surface area contributed by atoms with Crippen LogP contribution in [0.5, 0.6) is 0 Å². The number of ether oxygens (including phenoxy) is 8. The van der Waals surface area contributed by atoms with Gasteiger partial charge in [0.2, 0.25) is 5.91 Å². The van der Waals surface area contributed by atoms with Gasteiger partial charge < -0.3 is 53.6 Å². The molecule has 0 saturated carbocycles. The highest BCUT2D eigenvalue weighted by atomic mass is 16.7. The number of rotatable bonds is 45. The number of unbranched alkanes of at least 4 members (excludes halogenated alkanes) is 20. The summed E-state index contributed by atoms with van der Waals surface area (Å²) in [5, 5.41) is 17.8. The third-order valence-electron chi connectivity index (χ3n) is 15.1. The van der Waals surface area contributed by atoms with Gasteiger partial charge in [0.25, 0.3) is 0 Å². The molecule has 0 aliphatic carbocycles. The molecule has 1 heterocycles. The number of amides is 2. The van der Waals surface area contributed by atoms with Crippen LogP contribution in [0.3, 0.4) is 0 Å². The topological polar surface area (TPSA) is 238 Å². The molecular weight excluding hydrogens is 1120 g/mol. The second kappa shape index (κ2) is 44.1. The molecule has 88 heavy (non-hydrogen) atoms. The van der Waals surface area contributed by atoms with Crippen LogP contribution in [0.2, 0.25) is 0 Å². The molecule has 4 rings (SSSR count). The van der Waals surface area contributed by atoms with E-state index >= 15 is 0 Å². The molecule has 1 aliphatic rings. The van der Waals surface area contributed by atoms with E-state index in [0.29, 0.717) is 24.0 Å². The summed E-state index contributed by atoms with van der Waals surface area (Å²) in [6.45, 7) is 8.40. The lowest BCUT2D eigenvalue weighted by Gasteiger charge is -2.44. The SMILES string of the molecule is CCCCCCCCCCCCCC(=O)N[C@H]1[C@@H](OC(CC(=O)OCc2ccccc2)CC(=O)OCc2ccccc2)O[C@H](COC(=O)[C@@H](CCC(=O)OCc2ccccc2)NC(=O)OC(C)(C)C)[C@@H](O)[C@@H]1OC(=O)CCCCCCCCCCCCC. The lowest BCUT2D eigenvalue weighted by atomic mass is 9.95. The first-order valence-electron chi connectivity index (χ1n) is 32.8. The van der Waals surface area contributed by atoms with Gasteiger partial charge >= 0.3 is 35.9 Å². The van der Waals surface area contributed by atoms with Gasteiger partial charge in [-0.3, -0.25) is 24.0 Å². The van der Waals surface area contributed by atoms with Crippen LogP contribution in [0.15, 0.2) is 91.0 Å². The van der Waals surface area contributed by atoms with E-state index in [1.807, 2.05) is 18.2 Å². The normalized spacial score (nSPS) is 16.9. The predicted molar refractivity (Wildman–Crippen MR) is 335 cm³/mol. The highest BCUT2D eigenvalue weighted by Gasteiger charge is 2.50. The summed E-state index contributed by atoms with van der Waals surface area (Å²) in [5.41, 5.74) is 1.20. The Morgan fingerprint density at radius 1 is 0.523 bits per heavy atom. The Morgan fingerprint density at radius 2 is 0.943 bits per heavy atom. The largest absolute Gasteiger partial charge is 0.461 e. The fourth-order valence-electron chi connectivity index (χ4n) is 10.2. The van der Waals surface area contributed by atoms with Crippen LogP contribution in [0, 0.1) is 0 Å². The fourth-order valence-corrected chi connectivity index (χ4v) is 10.2. The molecule has 1 saturated heterocycles. The van der Waals surface area contributed by atoms with E-state index in [1.54, 1.807) is 93.6 Å². The van der Waals surface area contributed by atoms with E-state index in [9.17, 15) is 38.7 Å². The lowest BCUT2D eigenvalue weighted by molar-refractivity contribution is -0.286. The summed E-state index contributed by atoms with van der Waals surface area (Å²) in [4.78, 5) is 96.0.